The fraction of sp³-hybridized carbons (Fsp3) is 0. The van der Waals surface area contributed by atoms with Crippen LogP contribution in [0.2, 0.25) is 0 Å². The van der Waals surface area contributed by atoms with E-state index in [1.54, 1.807) is 24.3 Å². The molecule has 0 fully saturated rings. The number of carbonyl (C=O) groups excluding carboxylic acids is 1. The zero-order valence-electron chi connectivity index (χ0n) is 7.44. The predicted octanol–water partition coefficient (Wildman–Crippen LogP) is -2.04. The maximum absolute atomic E-state index is 10.4. The normalized spacial score (nSPS) is 7.50. The zero-order chi connectivity index (χ0) is 10.3. The fourth-order valence-corrected chi connectivity index (χ4v) is 0.695. The third kappa shape index (κ3) is 9.54. The molecule has 1 N–H and O–H groups in total. The molecule has 0 saturated heterocycles. The number of hydrogen-bond acceptors (Lipinski definition) is 3. The minimum atomic E-state index is -2.08. The summed E-state index contributed by atoms with van der Waals surface area (Å²) in [5.74, 6) is 0. The Morgan fingerprint density at radius 3 is 1.79 bits per heavy atom. The van der Waals surface area contributed by atoms with Crippen LogP contribution in [0.15, 0.2) is 30.3 Å². The number of hydrogen-bond donors (Lipinski definition) is 1. The van der Waals surface area contributed by atoms with Gasteiger partial charge < -0.3 is 15.0 Å². The summed E-state index contributed by atoms with van der Waals surface area (Å²) < 4.78 is 0. The van der Waals surface area contributed by atoms with Crippen LogP contribution in [0, 0.1) is 0 Å². The molecule has 0 spiro atoms. The Kier molecular flexibility index (Phi) is 10.2. The molecule has 0 aliphatic heterocycles. The average molecular weight is 225 g/mol. The van der Waals surface area contributed by atoms with Crippen molar-refractivity contribution in [1.29, 1.82) is 0 Å². The Bertz CT molecular complexity index is 285. The molecule has 1 aromatic carbocycles. The summed E-state index contributed by atoms with van der Waals surface area (Å²) in [5, 5.41) is 14.9. The molecule has 70 valence electrons. The molecule has 0 aromatic heterocycles. The molecule has 0 aliphatic carbocycles. The first-order valence-electron chi connectivity index (χ1n) is 3.19. The number of carbonyl (C=O) groups is 2. The topological polar surface area (TPSA) is 77.4 Å². The first-order chi connectivity index (χ1) is 6.04. The number of benzene rings is 1. The first-order valence-corrected chi connectivity index (χ1v) is 3.56. The monoisotopic (exact) mass is 224 g/mol. The summed E-state index contributed by atoms with van der Waals surface area (Å²) >= 11 is 5.16. The average Bonchev–Trinajstić information content (AvgIpc) is 2.05. The number of carboxylic acid groups (broad SMARTS) is 2. The Labute approximate surface area is 108 Å². The van der Waals surface area contributed by atoms with E-state index in [9.17, 15) is 4.79 Å². The van der Waals surface area contributed by atoms with E-state index in [1.165, 1.54) is 0 Å². The summed E-state index contributed by atoms with van der Waals surface area (Å²) in [7, 11) is 0. The molecule has 0 bridgehead atoms. The quantitative estimate of drug-likeness (QED) is 0.440. The summed E-state index contributed by atoms with van der Waals surface area (Å²) in [6.07, 6.45) is -2.08. The number of halogens is 1. The van der Waals surface area contributed by atoms with Gasteiger partial charge in [-0.3, -0.25) is 4.79 Å². The molecule has 0 heterocycles. The van der Waals surface area contributed by atoms with Crippen molar-refractivity contribution in [3.8, 4) is 0 Å². The van der Waals surface area contributed by atoms with Gasteiger partial charge in [0.1, 0.15) is 0 Å². The van der Waals surface area contributed by atoms with Crippen LogP contribution in [0.5, 0.6) is 0 Å². The molecule has 0 unspecified atom stereocenters. The van der Waals surface area contributed by atoms with E-state index in [2.05, 4.69) is 0 Å². The van der Waals surface area contributed by atoms with E-state index in [-0.39, 0.29) is 29.6 Å². The zero-order valence-corrected chi connectivity index (χ0v) is 10.2. The standard InChI is InChI=1S/C7H5ClO.CH2O3.Na/c8-7(9)6-4-2-1-3-5-6;2-1(3)4;/h1-5H;(H2,2,3,4);/q;;+1/p-1. The maximum Gasteiger partial charge on any atom is 1.00 e. The molecule has 6 heteroatoms. The SMILES string of the molecule is O=C(Cl)c1ccccc1.O=C([O-])O.[Na+]. The van der Waals surface area contributed by atoms with Gasteiger partial charge in [-0.1, -0.05) is 30.3 Å². The molecule has 0 saturated carbocycles. The Hall–Kier alpha value is -0.550. The third-order valence-corrected chi connectivity index (χ3v) is 1.22. The van der Waals surface area contributed by atoms with E-state index in [4.69, 9.17) is 26.6 Å². The van der Waals surface area contributed by atoms with Crippen molar-refractivity contribution in [2.75, 3.05) is 0 Å². The molecule has 14 heavy (non-hydrogen) atoms. The second kappa shape index (κ2) is 9.02. The van der Waals surface area contributed by atoms with Crippen LogP contribution in [0.3, 0.4) is 0 Å². The van der Waals surface area contributed by atoms with Crippen molar-refractivity contribution in [2.24, 2.45) is 0 Å². The second-order valence-electron chi connectivity index (χ2n) is 1.91. The maximum atomic E-state index is 10.4. The molecule has 0 amide bonds. The van der Waals surface area contributed by atoms with Gasteiger partial charge in [0.05, 0.1) is 0 Å². The van der Waals surface area contributed by atoms with Crippen molar-refractivity contribution in [1.82, 2.24) is 0 Å². The molecule has 1 aromatic rings. The van der Waals surface area contributed by atoms with Gasteiger partial charge >= 0.3 is 29.6 Å². The summed E-state index contributed by atoms with van der Waals surface area (Å²) in [4.78, 5) is 18.9. The molecule has 4 nitrogen and oxygen atoms in total. The van der Waals surface area contributed by atoms with Crippen LogP contribution in [-0.2, 0) is 0 Å². The van der Waals surface area contributed by atoms with E-state index >= 15 is 0 Å². The van der Waals surface area contributed by atoms with Crippen molar-refractivity contribution in [2.45, 2.75) is 0 Å². The van der Waals surface area contributed by atoms with E-state index in [1.807, 2.05) is 6.07 Å². The summed E-state index contributed by atoms with van der Waals surface area (Å²) in [6, 6.07) is 8.74. The van der Waals surface area contributed by atoms with Crippen molar-refractivity contribution >= 4 is 23.0 Å². The van der Waals surface area contributed by atoms with Crippen molar-refractivity contribution in [3.63, 3.8) is 0 Å². The van der Waals surface area contributed by atoms with Crippen LogP contribution in [0.4, 0.5) is 4.79 Å². The summed E-state index contributed by atoms with van der Waals surface area (Å²) in [6.45, 7) is 0. The molecule has 1 rings (SSSR count). The smallest absolute Gasteiger partial charge is 0.565 e. The molecule has 0 atom stereocenters. The van der Waals surface area contributed by atoms with Gasteiger partial charge in [0.2, 0.25) is 6.16 Å². The largest absolute Gasteiger partial charge is 1.00 e. The van der Waals surface area contributed by atoms with Crippen molar-refractivity contribution in [3.05, 3.63) is 35.9 Å². The van der Waals surface area contributed by atoms with Gasteiger partial charge in [0, 0.05) is 5.56 Å². The van der Waals surface area contributed by atoms with Gasteiger partial charge in [-0.25, -0.2) is 0 Å². The van der Waals surface area contributed by atoms with Crippen molar-refractivity contribution < 1.29 is 49.4 Å². The van der Waals surface area contributed by atoms with E-state index in [0.29, 0.717) is 5.56 Å². The van der Waals surface area contributed by atoms with E-state index in [0.717, 1.165) is 0 Å². The first kappa shape index (κ1) is 15.9. The predicted molar refractivity (Wildman–Crippen MR) is 44.7 cm³/mol. The minimum Gasteiger partial charge on any atom is -0.565 e. The van der Waals surface area contributed by atoms with Crippen LogP contribution >= 0.6 is 11.6 Å². The van der Waals surface area contributed by atoms with Crippen LogP contribution in [0.25, 0.3) is 0 Å². The number of rotatable bonds is 1. The second-order valence-corrected chi connectivity index (χ2v) is 2.25. The Morgan fingerprint density at radius 1 is 1.21 bits per heavy atom. The molecular formula is C8H6ClNaO4. The van der Waals surface area contributed by atoms with Crippen LogP contribution < -0.4 is 34.7 Å². The summed E-state index contributed by atoms with van der Waals surface area (Å²) in [5.41, 5.74) is 0.541. The van der Waals surface area contributed by atoms with Gasteiger partial charge in [0.25, 0.3) is 5.24 Å². The third-order valence-electron chi connectivity index (χ3n) is 1.00. The van der Waals surface area contributed by atoms with Gasteiger partial charge in [-0.2, -0.15) is 0 Å². The Morgan fingerprint density at radius 2 is 1.57 bits per heavy atom. The van der Waals surface area contributed by atoms with Crippen LogP contribution in [0.1, 0.15) is 10.4 Å². The van der Waals surface area contributed by atoms with Gasteiger partial charge in [-0.05, 0) is 11.6 Å². The molecule has 0 aliphatic rings. The molecule has 0 radical (unpaired) electrons. The fourth-order valence-electron chi connectivity index (χ4n) is 0.569. The molecular weight excluding hydrogens is 219 g/mol. The van der Waals surface area contributed by atoms with Crippen LogP contribution in [-0.4, -0.2) is 16.5 Å². The van der Waals surface area contributed by atoms with E-state index < -0.39 is 11.4 Å². The minimum absolute atomic E-state index is 0. The van der Waals surface area contributed by atoms with Gasteiger partial charge in [-0.15, -0.1) is 0 Å². The van der Waals surface area contributed by atoms with Gasteiger partial charge in [0.15, 0.2) is 0 Å². The Balaban J connectivity index is 0.